The number of hydrogen-bond acceptors (Lipinski definition) is 4. The van der Waals surface area contributed by atoms with Gasteiger partial charge in [-0.25, -0.2) is 4.39 Å². The maximum absolute atomic E-state index is 13.3. The number of piperazine rings is 1. The molecule has 0 aliphatic carbocycles. The summed E-state index contributed by atoms with van der Waals surface area (Å²) in [5.41, 5.74) is 1.54. The molecule has 0 bridgehead atoms. The van der Waals surface area contributed by atoms with E-state index in [1.54, 1.807) is 13.0 Å². The highest BCUT2D eigenvalue weighted by atomic mass is 19.1. The van der Waals surface area contributed by atoms with Crippen molar-refractivity contribution in [3.63, 3.8) is 0 Å². The average Bonchev–Trinajstić information content (AvgIpc) is 2.40. The zero-order valence-corrected chi connectivity index (χ0v) is 11.2. The number of aliphatic hydroxyl groups excluding tert-OH is 2. The van der Waals surface area contributed by atoms with Gasteiger partial charge in [0.05, 0.1) is 12.7 Å². The van der Waals surface area contributed by atoms with Crippen LogP contribution in [-0.2, 0) is 0 Å². The molecule has 1 aromatic carbocycles. The van der Waals surface area contributed by atoms with Crippen molar-refractivity contribution in [2.75, 3.05) is 44.2 Å². The highest BCUT2D eigenvalue weighted by molar-refractivity contribution is 5.55. The minimum Gasteiger partial charge on any atom is -0.395 e. The van der Waals surface area contributed by atoms with E-state index in [4.69, 9.17) is 5.11 Å². The van der Waals surface area contributed by atoms with Crippen LogP contribution in [0.25, 0.3) is 0 Å². The van der Waals surface area contributed by atoms with Gasteiger partial charge in [-0.3, -0.25) is 4.90 Å². The summed E-state index contributed by atoms with van der Waals surface area (Å²) in [6.45, 7) is 5.92. The number of aliphatic hydroxyl groups is 2. The fourth-order valence-corrected chi connectivity index (χ4v) is 2.50. The first-order valence-electron chi connectivity index (χ1n) is 6.67. The molecule has 19 heavy (non-hydrogen) atoms. The van der Waals surface area contributed by atoms with Crippen LogP contribution in [0.1, 0.15) is 18.6 Å². The van der Waals surface area contributed by atoms with Gasteiger partial charge in [-0.05, 0) is 25.1 Å². The predicted octanol–water partition coefficient (Wildman–Crippen LogP) is 0.993. The molecule has 2 N–H and O–H groups in total. The second-order valence-corrected chi connectivity index (χ2v) is 4.93. The van der Waals surface area contributed by atoms with Gasteiger partial charge < -0.3 is 15.1 Å². The average molecular weight is 268 g/mol. The molecule has 1 heterocycles. The Morgan fingerprint density at radius 1 is 1.26 bits per heavy atom. The molecule has 1 aliphatic rings. The van der Waals surface area contributed by atoms with Gasteiger partial charge in [0.25, 0.3) is 0 Å². The second-order valence-electron chi connectivity index (χ2n) is 4.93. The molecular weight excluding hydrogens is 247 g/mol. The predicted molar refractivity (Wildman–Crippen MR) is 72.8 cm³/mol. The molecule has 5 heteroatoms. The van der Waals surface area contributed by atoms with Crippen molar-refractivity contribution >= 4 is 5.69 Å². The number of benzene rings is 1. The van der Waals surface area contributed by atoms with Crippen LogP contribution < -0.4 is 4.90 Å². The molecule has 2 rings (SSSR count). The lowest BCUT2D eigenvalue weighted by molar-refractivity contribution is 0.186. The van der Waals surface area contributed by atoms with E-state index >= 15 is 0 Å². The molecule has 4 nitrogen and oxygen atoms in total. The van der Waals surface area contributed by atoms with E-state index in [1.165, 1.54) is 12.1 Å². The van der Waals surface area contributed by atoms with Crippen LogP contribution in [0.4, 0.5) is 10.1 Å². The number of anilines is 1. The Balaban J connectivity index is 2.11. The monoisotopic (exact) mass is 268 g/mol. The Morgan fingerprint density at radius 3 is 2.53 bits per heavy atom. The van der Waals surface area contributed by atoms with Crippen molar-refractivity contribution < 1.29 is 14.6 Å². The van der Waals surface area contributed by atoms with Crippen LogP contribution in [0.2, 0.25) is 0 Å². The minimum atomic E-state index is -0.679. The molecule has 106 valence electrons. The maximum atomic E-state index is 13.3. The van der Waals surface area contributed by atoms with E-state index in [0.717, 1.165) is 31.9 Å². The molecule has 0 saturated carbocycles. The highest BCUT2D eigenvalue weighted by Gasteiger charge is 2.20. The first kappa shape index (κ1) is 14.2. The normalized spacial score (nSPS) is 18.6. The maximum Gasteiger partial charge on any atom is 0.123 e. The van der Waals surface area contributed by atoms with E-state index < -0.39 is 6.10 Å². The molecule has 1 fully saturated rings. The molecule has 0 aromatic heterocycles. The van der Waals surface area contributed by atoms with Crippen molar-refractivity contribution in [2.45, 2.75) is 13.0 Å². The Morgan fingerprint density at radius 2 is 1.95 bits per heavy atom. The van der Waals surface area contributed by atoms with Crippen LogP contribution >= 0.6 is 0 Å². The largest absolute Gasteiger partial charge is 0.395 e. The summed E-state index contributed by atoms with van der Waals surface area (Å²) < 4.78 is 13.3. The van der Waals surface area contributed by atoms with Crippen molar-refractivity contribution in [1.29, 1.82) is 0 Å². The van der Waals surface area contributed by atoms with E-state index in [9.17, 15) is 9.50 Å². The van der Waals surface area contributed by atoms with Gasteiger partial charge in [0, 0.05) is 44.0 Å². The lowest BCUT2D eigenvalue weighted by Gasteiger charge is -2.37. The van der Waals surface area contributed by atoms with Gasteiger partial charge in [0.15, 0.2) is 0 Å². The Kier molecular flexibility index (Phi) is 4.74. The Bertz CT molecular complexity index is 418. The minimum absolute atomic E-state index is 0.176. The third kappa shape index (κ3) is 3.43. The third-order valence-corrected chi connectivity index (χ3v) is 3.57. The molecule has 1 aliphatic heterocycles. The number of hydrogen-bond donors (Lipinski definition) is 2. The first-order chi connectivity index (χ1) is 9.11. The summed E-state index contributed by atoms with van der Waals surface area (Å²) in [7, 11) is 0. The van der Waals surface area contributed by atoms with Crippen molar-refractivity contribution in [1.82, 2.24) is 4.90 Å². The van der Waals surface area contributed by atoms with Crippen molar-refractivity contribution in [3.05, 3.63) is 29.6 Å². The fraction of sp³-hybridized carbons (Fsp3) is 0.571. The van der Waals surface area contributed by atoms with Gasteiger partial charge in [0.2, 0.25) is 0 Å². The molecule has 0 spiro atoms. The highest BCUT2D eigenvalue weighted by Crippen LogP contribution is 2.28. The van der Waals surface area contributed by atoms with Gasteiger partial charge in [-0.15, -0.1) is 0 Å². The third-order valence-electron chi connectivity index (χ3n) is 3.57. The molecule has 0 radical (unpaired) electrons. The molecule has 1 aromatic rings. The van der Waals surface area contributed by atoms with Crippen LogP contribution in [0.5, 0.6) is 0 Å². The molecule has 0 amide bonds. The standard InChI is InChI=1S/C14H21FN2O2/c1-11(19)13-10-12(15)2-3-14(13)17-6-4-16(5-7-17)8-9-18/h2-3,10-11,18-19H,4-9H2,1H3/t11-/m1/s1. The van der Waals surface area contributed by atoms with Gasteiger partial charge in [-0.2, -0.15) is 0 Å². The van der Waals surface area contributed by atoms with Crippen LogP contribution in [0.15, 0.2) is 18.2 Å². The van der Waals surface area contributed by atoms with Gasteiger partial charge in [0.1, 0.15) is 5.82 Å². The summed E-state index contributed by atoms with van der Waals surface area (Å²) in [6, 6.07) is 4.57. The zero-order chi connectivity index (χ0) is 13.8. The van der Waals surface area contributed by atoms with Crippen molar-refractivity contribution in [3.8, 4) is 0 Å². The molecule has 0 unspecified atom stereocenters. The van der Waals surface area contributed by atoms with Crippen LogP contribution in [-0.4, -0.2) is 54.4 Å². The number of nitrogens with zero attached hydrogens (tertiary/aromatic N) is 2. The van der Waals surface area contributed by atoms with Crippen molar-refractivity contribution in [2.24, 2.45) is 0 Å². The lowest BCUT2D eigenvalue weighted by atomic mass is 10.1. The summed E-state index contributed by atoms with van der Waals surface area (Å²) >= 11 is 0. The summed E-state index contributed by atoms with van der Waals surface area (Å²) in [5, 5.41) is 18.7. The summed E-state index contributed by atoms with van der Waals surface area (Å²) in [5.74, 6) is -0.321. The second kappa shape index (κ2) is 6.32. The van der Waals surface area contributed by atoms with E-state index in [2.05, 4.69) is 9.80 Å². The zero-order valence-electron chi connectivity index (χ0n) is 11.2. The molecular formula is C14H21FN2O2. The number of rotatable bonds is 4. The molecule has 1 atom stereocenters. The lowest BCUT2D eigenvalue weighted by Crippen LogP contribution is -2.47. The Labute approximate surface area is 113 Å². The van der Waals surface area contributed by atoms with Crippen LogP contribution in [0, 0.1) is 5.82 Å². The quantitative estimate of drug-likeness (QED) is 0.855. The van der Waals surface area contributed by atoms with Gasteiger partial charge in [-0.1, -0.05) is 0 Å². The number of β-amino-alcohol motifs (C(OH)–C–C–N with tert-alkyl or cyclic N) is 1. The first-order valence-corrected chi connectivity index (χ1v) is 6.67. The Hall–Kier alpha value is -1.17. The smallest absolute Gasteiger partial charge is 0.123 e. The molecule has 1 saturated heterocycles. The van der Waals surface area contributed by atoms with Crippen LogP contribution in [0.3, 0.4) is 0 Å². The fourth-order valence-electron chi connectivity index (χ4n) is 2.50. The topological polar surface area (TPSA) is 46.9 Å². The van der Waals surface area contributed by atoms with E-state index in [-0.39, 0.29) is 12.4 Å². The summed E-state index contributed by atoms with van der Waals surface area (Å²) in [6.07, 6.45) is -0.679. The summed E-state index contributed by atoms with van der Waals surface area (Å²) in [4.78, 5) is 4.36. The SMILES string of the molecule is C[C@@H](O)c1cc(F)ccc1N1CCN(CCO)CC1. The van der Waals surface area contributed by atoms with E-state index in [0.29, 0.717) is 12.1 Å². The van der Waals surface area contributed by atoms with E-state index in [1.807, 2.05) is 0 Å². The van der Waals surface area contributed by atoms with Gasteiger partial charge >= 0.3 is 0 Å². The number of halogens is 1.